The van der Waals surface area contributed by atoms with E-state index in [1.807, 2.05) is 0 Å². The van der Waals surface area contributed by atoms with Crippen LogP contribution in [0, 0.1) is 5.92 Å². The largest absolute Gasteiger partial charge is 0.379 e. The Balaban J connectivity index is 1.91. The van der Waals surface area contributed by atoms with Gasteiger partial charge in [-0.2, -0.15) is 0 Å². The molecule has 1 aliphatic heterocycles. The van der Waals surface area contributed by atoms with Gasteiger partial charge in [-0.15, -0.1) is 0 Å². The third-order valence-electron chi connectivity index (χ3n) is 3.49. The highest BCUT2D eigenvalue weighted by Crippen LogP contribution is 2.38. The molecule has 3 heteroatoms. The van der Waals surface area contributed by atoms with E-state index in [1.165, 1.54) is 6.42 Å². The fraction of sp³-hybridized carbons (Fsp3) is 1.00. The van der Waals surface area contributed by atoms with Crippen molar-refractivity contribution in [1.29, 1.82) is 0 Å². The molecule has 0 aromatic carbocycles. The van der Waals surface area contributed by atoms with Crippen LogP contribution in [0.2, 0.25) is 0 Å². The second-order valence-corrected chi connectivity index (χ2v) is 4.84. The molecule has 0 amide bonds. The van der Waals surface area contributed by atoms with Crippen LogP contribution in [0.5, 0.6) is 0 Å². The zero-order valence-corrected chi connectivity index (χ0v) is 9.00. The van der Waals surface area contributed by atoms with E-state index in [1.54, 1.807) is 0 Å². The van der Waals surface area contributed by atoms with Crippen LogP contribution in [-0.4, -0.2) is 31.5 Å². The summed E-state index contributed by atoms with van der Waals surface area (Å²) in [6.45, 7) is 4.55. The standard InChI is InChI=1S/C11H21NO2/c1-9-2-4-11(6-9,8-12)14-10-3-5-13-7-10/h9-10H,2-8,12H2,1H3. The van der Waals surface area contributed by atoms with Crippen molar-refractivity contribution in [2.45, 2.75) is 44.3 Å². The fourth-order valence-electron chi connectivity index (χ4n) is 2.65. The second-order valence-electron chi connectivity index (χ2n) is 4.84. The van der Waals surface area contributed by atoms with Crippen molar-refractivity contribution in [3.8, 4) is 0 Å². The SMILES string of the molecule is CC1CCC(CN)(OC2CCOC2)C1. The Labute approximate surface area is 85.9 Å². The van der Waals surface area contributed by atoms with Crippen molar-refractivity contribution in [2.75, 3.05) is 19.8 Å². The van der Waals surface area contributed by atoms with Crippen LogP contribution in [0.1, 0.15) is 32.6 Å². The second kappa shape index (κ2) is 4.17. The lowest BCUT2D eigenvalue weighted by Gasteiger charge is -2.31. The molecule has 1 heterocycles. The van der Waals surface area contributed by atoms with E-state index in [2.05, 4.69) is 6.92 Å². The highest BCUT2D eigenvalue weighted by atomic mass is 16.6. The first-order chi connectivity index (χ1) is 6.74. The molecule has 1 saturated carbocycles. The molecule has 3 unspecified atom stereocenters. The summed E-state index contributed by atoms with van der Waals surface area (Å²) in [5.74, 6) is 0.765. The molecular weight excluding hydrogens is 178 g/mol. The molecule has 0 aromatic rings. The quantitative estimate of drug-likeness (QED) is 0.745. The van der Waals surface area contributed by atoms with Gasteiger partial charge in [0.2, 0.25) is 0 Å². The van der Waals surface area contributed by atoms with E-state index in [0.717, 1.165) is 38.4 Å². The van der Waals surface area contributed by atoms with Crippen LogP contribution >= 0.6 is 0 Å². The minimum atomic E-state index is -0.0300. The molecular formula is C11H21NO2. The number of hydrogen-bond acceptors (Lipinski definition) is 3. The number of rotatable bonds is 3. The Bertz CT molecular complexity index is 192. The fourth-order valence-corrected chi connectivity index (χ4v) is 2.65. The Morgan fingerprint density at radius 3 is 2.86 bits per heavy atom. The summed E-state index contributed by atoms with van der Waals surface area (Å²) >= 11 is 0. The summed E-state index contributed by atoms with van der Waals surface area (Å²) in [5, 5.41) is 0. The van der Waals surface area contributed by atoms with Gasteiger partial charge in [-0.1, -0.05) is 6.92 Å². The molecule has 2 aliphatic rings. The number of nitrogens with two attached hydrogens (primary N) is 1. The smallest absolute Gasteiger partial charge is 0.0838 e. The lowest BCUT2D eigenvalue weighted by Crippen LogP contribution is -2.41. The first kappa shape index (κ1) is 10.4. The van der Waals surface area contributed by atoms with Gasteiger partial charge in [0.1, 0.15) is 0 Å². The third kappa shape index (κ3) is 2.10. The third-order valence-corrected chi connectivity index (χ3v) is 3.49. The topological polar surface area (TPSA) is 44.5 Å². The maximum atomic E-state index is 6.13. The van der Waals surface area contributed by atoms with E-state index in [9.17, 15) is 0 Å². The predicted molar refractivity (Wildman–Crippen MR) is 55.1 cm³/mol. The molecule has 14 heavy (non-hydrogen) atoms. The zero-order chi connectivity index (χ0) is 10.0. The number of ether oxygens (including phenoxy) is 2. The lowest BCUT2D eigenvalue weighted by molar-refractivity contribution is -0.0862. The molecule has 1 saturated heterocycles. The highest BCUT2D eigenvalue weighted by Gasteiger charge is 2.39. The van der Waals surface area contributed by atoms with Crippen molar-refractivity contribution in [3.63, 3.8) is 0 Å². The van der Waals surface area contributed by atoms with Gasteiger partial charge in [-0.05, 0) is 31.6 Å². The minimum absolute atomic E-state index is 0.0300. The normalized spacial score (nSPS) is 43.3. The van der Waals surface area contributed by atoms with Crippen LogP contribution < -0.4 is 5.73 Å². The Hall–Kier alpha value is -0.120. The van der Waals surface area contributed by atoms with Gasteiger partial charge < -0.3 is 15.2 Å². The van der Waals surface area contributed by atoms with Crippen LogP contribution in [0.15, 0.2) is 0 Å². The molecule has 3 atom stereocenters. The first-order valence-electron chi connectivity index (χ1n) is 5.70. The van der Waals surface area contributed by atoms with Gasteiger partial charge in [0.25, 0.3) is 0 Å². The molecule has 2 fully saturated rings. The summed E-state index contributed by atoms with van der Waals surface area (Å²) in [6, 6.07) is 0. The molecule has 2 N–H and O–H groups in total. The van der Waals surface area contributed by atoms with Gasteiger partial charge in [0.05, 0.1) is 18.3 Å². The van der Waals surface area contributed by atoms with E-state index >= 15 is 0 Å². The van der Waals surface area contributed by atoms with E-state index in [-0.39, 0.29) is 5.60 Å². The summed E-state index contributed by atoms with van der Waals surface area (Å²) in [5.41, 5.74) is 5.81. The van der Waals surface area contributed by atoms with Gasteiger partial charge in [-0.25, -0.2) is 0 Å². The van der Waals surface area contributed by atoms with Gasteiger partial charge in [0.15, 0.2) is 0 Å². The summed E-state index contributed by atoms with van der Waals surface area (Å²) in [4.78, 5) is 0. The van der Waals surface area contributed by atoms with Crippen LogP contribution in [0.25, 0.3) is 0 Å². The van der Waals surface area contributed by atoms with E-state index < -0.39 is 0 Å². The van der Waals surface area contributed by atoms with Gasteiger partial charge >= 0.3 is 0 Å². The molecule has 82 valence electrons. The summed E-state index contributed by atoms with van der Waals surface area (Å²) in [7, 11) is 0. The van der Waals surface area contributed by atoms with Crippen LogP contribution in [-0.2, 0) is 9.47 Å². The molecule has 0 radical (unpaired) electrons. The Morgan fingerprint density at radius 1 is 1.50 bits per heavy atom. The molecule has 1 aliphatic carbocycles. The monoisotopic (exact) mass is 199 g/mol. The molecule has 0 aromatic heterocycles. The van der Waals surface area contributed by atoms with Crippen LogP contribution in [0.3, 0.4) is 0 Å². The zero-order valence-electron chi connectivity index (χ0n) is 9.00. The van der Waals surface area contributed by atoms with E-state index in [4.69, 9.17) is 15.2 Å². The minimum Gasteiger partial charge on any atom is -0.379 e. The lowest BCUT2D eigenvalue weighted by atomic mass is 10.0. The molecule has 0 bridgehead atoms. The van der Waals surface area contributed by atoms with Crippen molar-refractivity contribution in [2.24, 2.45) is 11.7 Å². The maximum Gasteiger partial charge on any atom is 0.0838 e. The van der Waals surface area contributed by atoms with Crippen molar-refractivity contribution in [3.05, 3.63) is 0 Å². The molecule has 2 rings (SSSR count). The predicted octanol–water partition coefficient (Wildman–Crippen LogP) is 1.31. The number of hydrogen-bond donors (Lipinski definition) is 1. The Morgan fingerprint density at radius 2 is 2.36 bits per heavy atom. The Kier molecular flexibility index (Phi) is 3.10. The van der Waals surface area contributed by atoms with E-state index in [0.29, 0.717) is 12.6 Å². The van der Waals surface area contributed by atoms with Crippen molar-refractivity contribution in [1.82, 2.24) is 0 Å². The van der Waals surface area contributed by atoms with Crippen molar-refractivity contribution < 1.29 is 9.47 Å². The first-order valence-corrected chi connectivity index (χ1v) is 5.70. The molecule has 0 spiro atoms. The average Bonchev–Trinajstić information content (AvgIpc) is 2.77. The molecule has 3 nitrogen and oxygen atoms in total. The van der Waals surface area contributed by atoms with Gasteiger partial charge in [-0.3, -0.25) is 0 Å². The summed E-state index contributed by atoms with van der Waals surface area (Å²) in [6.07, 6.45) is 4.84. The maximum absolute atomic E-state index is 6.13. The van der Waals surface area contributed by atoms with Gasteiger partial charge in [0, 0.05) is 13.2 Å². The van der Waals surface area contributed by atoms with Crippen LogP contribution in [0.4, 0.5) is 0 Å². The summed E-state index contributed by atoms with van der Waals surface area (Å²) < 4.78 is 11.4. The van der Waals surface area contributed by atoms with Crippen molar-refractivity contribution >= 4 is 0 Å². The average molecular weight is 199 g/mol. The highest BCUT2D eigenvalue weighted by molar-refractivity contribution is 4.91.